The highest BCUT2D eigenvalue weighted by Crippen LogP contribution is 2.14. The zero-order valence-electron chi connectivity index (χ0n) is 12.3. The van der Waals surface area contributed by atoms with Crippen molar-refractivity contribution < 1.29 is 23.1 Å². The topological polar surface area (TPSA) is 100 Å². The van der Waals surface area contributed by atoms with E-state index in [1.807, 2.05) is 0 Å². The second-order valence-corrected chi connectivity index (χ2v) is 7.04. The summed E-state index contributed by atoms with van der Waals surface area (Å²) < 4.78 is 31.3. The Labute approximate surface area is 129 Å². The number of hydrogen-bond acceptors (Lipinski definition) is 6. The molecule has 122 valence electrons. The van der Waals surface area contributed by atoms with Crippen molar-refractivity contribution in [2.45, 2.75) is 4.90 Å². The van der Waals surface area contributed by atoms with Gasteiger partial charge in [0, 0.05) is 45.6 Å². The molecule has 9 heteroatoms. The number of sulfonamides is 1. The Morgan fingerprint density at radius 2 is 2.09 bits per heavy atom. The van der Waals surface area contributed by atoms with Crippen LogP contribution in [-0.2, 0) is 14.8 Å². The van der Waals surface area contributed by atoms with Crippen LogP contribution in [0, 0.1) is 0 Å². The third-order valence-electron chi connectivity index (χ3n) is 3.50. The quantitative estimate of drug-likeness (QED) is 0.767. The van der Waals surface area contributed by atoms with Crippen LogP contribution in [0.5, 0.6) is 0 Å². The first-order valence-corrected chi connectivity index (χ1v) is 8.30. The van der Waals surface area contributed by atoms with Gasteiger partial charge in [0.25, 0.3) is 0 Å². The van der Waals surface area contributed by atoms with Crippen LogP contribution < -0.4 is 0 Å². The number of nitrogens with zero attached hydrogens (tertiary/aromatic N) is 3. The first kappa shape index (κ1) is 16.8. The number of rotatable bonds is 6. The molecule has 1 N–H and O–H groups in total. The molecule has 1 aromatic heterocycles. The van der Waals surface area contributed by atoms with Crippen LogP contribution in [0.25, 0.3) is 0 Å². The summed E-state index contributed by atoms with van der Waals surface area (Å²) in [5.74, 6) is -1.21. The Hall–Kier alpha value is -1.55. The predicted octanol–water partition coefficient (Wildman–Crippen LogP) is -0.267. The molecule has 22 heavy (non-hydrogen) atoms. The highest BCUT2D eigenvalue weighted by Gasteiger charge is 2.23. The van der Waals surface area contributed by atoms with Crippen molar-refractivity contribution in [3.05, 3.63) is 24.0 Å². The van der Waals surface area contributed by atoms with Gasteiger partial charge in [0.15, 0.2) is 0 Å². The van der Waals surface area contributed by atoms with Crippen molar-refractivity contribution in [2.75, 3.05) is 46.4 Å². The lowest BCUT2D eigenvalue weighted by molar-refractivity contribution is 0.0368. The Balaban J connectivity index is 2.05. The van der Waals surface area contributed by atoms with Gasteiger partial charge in [-0.2, -0.15) is 4.31 Å². The maximum Gasteiger partial charge on any atom is 0.337 e. The van der Waals surface area contributed by atoms with Gasteiger partial charge >= 0.3 is 5.97 Å². The molecule has 0 radical (unpaired) electrons. The highest BCUT2D eigenvalue weighted by atomic mass is 32.2. The first-order chi connectivity index (χ1) is 10.4. The molecule has 0 spiro atoms. The Kier molecular flexibility index (Phi) is 5.46. The third-order valence-corrected chi connectivity index (χ3v) is 5.33. The monoisotopic (exact) mass is 329 g/mol. The zero-order valence-corrected chi connectivity index (χ0v) is 13.1. The summed E-state index contributed by atoms with van der Waals surface area (Å²) in [6.07, 6.45) is 2.28. The Bertz CT molecular complexity index is 628. The molecule has 1 fully saturated rings. The largest absolute Gasteiger partial charge is 0.478 e. The smallest absolute Gasteiger partial charge is 0.337 e. The fraction of sp³-hybridized carbons (Fsp3) is 0.538. The SMILES string of the molecule is CN(CCN1CCOCC1)S(=O)(=O)c1cncc(C(=O)O)c1. The molecule has 2 rings (SSSR count). The zero-order chi connectivity index (χ0) is 16.2. The maximum absolute atomic E-state index is 12.4. The van der Waals surface area contributed by atoms with E-state index in [1.54, 1.807) is 0 Å². The average molecular weight is 329 g/mol. The number of likely N-dealkylation sites (N-methyl/N-ethyl adjacent to an activating group) is 1. The van der Waals surface area contributed by atoms with E-state index in [0.717, 1.165) is 31.5 Å². The molecule has 8 nitrogen and oxygen atoms in total. The lowest BCUT2D eigenvalue weighted by Crippen LogP contribution is -2.41. The van der Waals surface area contributed by atoms with E-state index in [0.29, 0.717) is 26.3 Å². The molecule has 1 saturated heterocycles. The van der Waals surface area contributed by atoms with Gasteiger partial charge in [0.05, 0.1) is 18.8 Å². The van der Waals surface area contributed by atoms with Gasteiger partial charge in [0.1, 0.15) is 4.90 Å². The molecule has 0 aromatic carbocycles. The van der Waals surface area contributed by atoms with Crippen molar-refractivity contribution in [1.29, 1.82) is 0 Å². The summed E-state index contributed by atoms with van der Waals surface area (Å²) in [4.78, 5) is 16.6. The minimum atomic E-state index is -3.75. The van der Waals surface area contributed by atoms with E-state index in [9.17, 15) is 13.2 Å². The van der Waals surface area contributed by atoms with Gasteiger partial charge in [-0.3, -0.25) is 9.88 Å². The maximum atomic E-state index is 12.4. The molecule has 0 unspecified atom stereocenters. The van der Waals surface area contributed by atoms with E-state index >= 15 is 0 Å². The average Bonchev–Trinajstić information content (AvgIpc) is 2.53. The van der Waals surface area contributed by atoms with Crippen molar-refractivity contribution in [3.8, 4) is 0 Å². The standard InChI is InChI=1S/C13H19N3O5S/c1-15(2-3-16-4-6-21-7-5-16)22(19,20)12-8-11(13(17)18)9-14-10-12/h8-10H,2-7H2,1H3,(H,17,18). The summed E-state index contributed by atoms with van der Waals surface area (Å²) in [5, 5.41) is 8.92. The van der Waals surface area contributed by atoms with Crippen LogP contribution in [0.3, 0.4) is 0 Å². The van der Waals surface area contributed by atoms with Crippen LogP contribution in [0.1, 0.15) is 10.4 Å². The van der Waals surface area contributed by atoms with Crippen molar-refractivity contribution in [1.82, 2.24) is 14.2 Å². The van der Waals surface area contributed by atoms with Gasteiger partial charge in [-0.05, 0) is 6.07 Å². The molecule has 1 aromatic rings. The van der Waals surface area contributed by atoms with E-state index in [1.165, 1.54) is 11.4 Å². The molecule has 0 atom stereocenters. The summed E-state index contributed by atoms with van der Waals surface area (Å²) in [6.45, 7) is 3.79. The number of carbonyl (C=O) groups is 1. The van der Waals surface area contributed by atoms with Crippen LogP contribution in [0.2, 0.25) is 0 Å². The van der Waals surface area contributed by atoms with Crippen molar-refractivity contribution in [3.63, 3.8) is 0 Å². The molecule has 0 amide bonds. The number of carboxylic acid groups (broad SMARTS) is 1. The van der Waals surface area contributed by atoms with Gasteiger partial charge in [-0.1, -0.05) is 0 Å². The van der Waals surface area contributed by atoms with Crippen LogP contribution in [0.4, 0.5) is 0 Å². The predicted molar refractivity (Wildman–Crippen MR) is 78.3 cm³/mol. The molecule has 1 aliphatic rings. The van der Waals surface area contributed by atoms with E-state index < -0.39 is 16.0 Å². The third kappa shape index (κ3) is 4.01. The van der Waals surface area contributed by atoms with E-state index in [2.05, 4.69) is 9.88 Å². The number of aromatic nitrogens is 1. The number of morpholine rings is 1. The van der Waals surface area contributed by atoms with Crippen LogP contribution >= 0.6 is 0 Å². The second kappa shape index (κ2) is 7.14. The normalized spacial score (nSPS) is 16.8. The molecule has 1 aliphatic heterocycles. The second-order valence-electron chi connectivity index (χ2n) is 5.00. The lowest BCUT2D eigenvalue weighted by Gasteiger charge is -2.28. The summed E-state index contributed by atoms with van der Waals surface area (Å²) in [7, 11) is -2.27. The molecule has 0 aliphatic carbocycles. The number of ether oxygens (including phenoxy) is 1. The summed E-state index contributed by atoms with van der Waals surface area (Å²) >= 11 is 0. The number of hydrogen-bond donors (Lipinski definition) is 1. The Morgan fingerprint density at radius 3 is 2.73 bits per heavy atom. The molecule has 0 bridgehead atoms. The number of carboxylic acids is 1. The molecular formula is C13H19N3O5S. The minimum absolute atomic E-state index is 0.114. The first-order valence-electron chi connectivity index (χ1n) is 6.86. The van der Waals surface area contributed by atoms with Gasteiger partial charge < -0.3 is 9.84 Å². The minimum Gasteiger partial charge on any atom is -0.478 e. The molecular weight excluding hydrogens is 310 g/mol. The number of pyridine rings is 1. The van der Waals surface area contributed by atoms with Gasteiger partial charge in [0.2, 0.25) is 10.0 Å². The fourth-order valence-electron chi connectivity index (χ4n) is 2.08. The van der Waals surface area contributed by atoms with Crippen molar-refractivity contribution in [2.24, 2.45) is 0 Å². The Morgan fingerprint density at radius 1 is 1.41 bits per heavy atom. The summed E-state index contributed by atoms with van der Waals surface area (Å²) in [5.41, 5.74) is -0.150. The summed E-state index contributed by atoms with van der Waals surface area (Å²) in [6, 6.07) is 1.12. The van der Waals surface area contributed by atoms with Gasteiger partial charge in [-0.15, -0.1) is 0 Å². The fourth-order valence-corrected chi connectivity index (χ4v) is 3.24. The van der Waals surface area contributed by atoms with Crippen LogP contribution in [-0.4, -0.2) is 80.1 Å². The van der Waals surface area contributed by atoms with E-state index in [4.69, 9.17) is 9.84 Å². The van der Waals surface area contributed by atoms with Crippen molar-refractivity contribution >= 4 is 16.0 Å². The number of aromatic carboxylic acids is 1. The lowest BCUT2D eigenvalue weighted by atomic mass is 10.3. The highest BCUT2D eigenvalue weighted by molar-refractivity contribution is 7.89. The van der Waals surface area contributed by atoms with Crippen LogP contribution in [0.15, 0.2) is 23.4 Å². The molecule has 0 saturated carbocycles. The van der Waals surface area contributed by atoms with E-state index in [-0.39, 0.29) is 10.5 Å². The van der Waals surface area contributed by atoms with Gasteiger partial charge in [-0.25, -0.2) is 13.2 Å². The molecule has 2 heterocycles.